The lowest BCUT2D eigenvalue weighted by Crippen LogP contribution is -2.12. The van der Waals surface area contributed by atoms with Crippen molar-refractivity contribution in [2.75, 3.05) is 5.32 Å². The second kappa shape index (κ2) is 8.06. The Bertz CT molecular complexity index is 1390. The largest absolute Gasteiger partial charge is 0.322 e. The number of hydrogen-bond donors (Lipinski definition) is 2. The topological polar surface area (TPSA) is 74.8 Å². The summed E-state index contributed by atoms with van der Waals surface area (Å²) in [6.07, 6.45) is 1.62. The molecule has 0 aliphatic heterocycles. The maximum absolute atomic E-state index is 12.6. The van der Waals surface area contributed by atoms with Gasteiger partial charge in [0.05, 0.1) is 0 Å². The van der Waals surface area contributed by atoms with Gasteiger partial charge in [0.1, 0.15) is 5.65 Å². The number of nitrogens with one attached hydrogen (secondary N) is 2. The summed E-state index contributed by atoms with van der Waals surface area (Å²) in [6.45, 7) is 3.93. The first kappa shape index (κ1) is 19.2. The lowest BCUT2D eigenvalue weighted by Gasteiger charge is -2.07. The molecule has 0 aliphatic rings. The number of anilines is 1. The van der Waals surface area contributed by atoms with Crippen molar-refractivity contribution < 1.29 is 4.79 Å². The van der Waals surface area contributed by atoms with E-state index in [-0.39, 0.29) is 11.5 Å². The molecule has 5 nitrogen and oxygen atoms in total. The molecule has 0 aliphatic carbocycles. The number of pyridine rings is 2. The van der Waals surface area contributed by atoms with Crippen molar-refractivity contribution in [3.63, 3.8) is 0 Å². The molecule has 2 aromatic carbocycles. The Morgan fingerprint density at radius 1 is 1.00 bits per heavy atom. The minimum Gasteiger partial charge on any atom is -0.322 e. The minimum atomic E-state index is -0.190. The lowest BCUT2D eigenvalue weighted by molar-refractivity contribution is 0.102. The van der Waals surface area contributed by atoms with Gasteiger partial charge < -0.3 is 10.3 Å². The fraction of sp³-hybridized carbons (Fsp3) is 0.0800. The Labute approximate surface area is 173 Å². The first-order valence-corrected chi connectivity index (χ1v) is 9.48. The van der Waals surface area contributed by atoms with E-state index in [1.54, 1.807) is 24.4 Å². The van der Waals surface area contributed by atoms with Crippen LogP contribution in [0, 0.1) is 25.7 Å². The van der Waals surface area contributed by atoms with E-state index in [9.17, 15) is 9.59 Å². The predicted molar refractivity (Wildman–Crippen MR) is 119 cm³/mol. The monoisotopic (exact) mass is 393 g/mol. The van der Waals surface area contributed by atoms with Crippen molar-refractivity contribution in [1.82, 2.24) is 9.97 Å². The number of benzene rings is 2. The Morgan fingerprint density at radius 2 is 1.87 bits per heavy atom. The number of aryl methyl sites for hydroxylation is 2. The number of aromatic nitrogens is 2. The van der Waals surface area contributed by atoms with Gasteiger partial charge in [-0.2, -0.15) is 0 Å². The Kier molecular flexibility index (Phi) is 5.15. The van der Waals surface area contributed by atoms with Crippen LogP contribution in [0.5, 0.6) is 0 Å². The van der Waals surface area contributed by atoms with Crippen LogP contribution >= 0.6 is 0 Å². The summed E-state index contributed by atoms with van der Waals surface area (Å²) in [5, 5.41) is 3.73. The summed E-state index contributed by atoms with van der Waals surface area (Å²) in [5.41, 5.74) is 5.19. The van der Waals surface area contributed by atoms with Gasteiger partial charge in [0.25, 0.3) is 5.91 Å². The summed E-state index contributed by atoms with van der Waals surface area (Å²) in [6, 6.07) is 18.2. The average Bonchev–Trinajstić information content (AvgIpc) is 2.73. The molecule has 146 valence electrons. The number of nitrogens with zero attached hydrogens (tertiary/aromatic N) is 1. The van der Waals surface area contributed by atoms with Crippen molar-refractivity contribution >= 4 is 22.6 Å². The van der Waals surface area contributed by atoms with E-state index in [2.05, 4.69) is 27.1 Å². The van der Waals surface area contributed by atoms with Gasteiger partial charge in [-0.25, -0.2) is 4.98 Å². The van der Waals surface area contributed by atoms with E-state index in [4.69, 9.17) is 0 Å². The highest BCUT2D eigenvalue weighted by atomic mass is 16.1. The average molecular weight is 393 g/mol. The SMILES string of the molecule is Cc1cccc(NC(=O)c2ccc(C)c(C#Cc3cnc4[nH]c(=O)ccc4c3)c2)c1. The van der Waals surface area contributed by atoms with E-state index in [0.717, 1.165) is 33.3 Å². The fourth-order valence-electron chi connectivity index (χ4n) is 3.07. The molecule has 1 amide bonds. The van der Waals surface area contributed by atoms with Crippen molar-refractivity contribution in [1.29, 1.82) is 0 Å². The molecule has 0 atom stereocenters. The first-order valence-electron chi connectivity index (χ1n) is 9.48. The normalized spacial score (nSPS) is 10.3. The second-order valence-electron chi connectivity index (χ2n) is 7.09. The summed E-state index contributed by atoms with van der Waals surface area (Å²) in [5.74, 6) is 6.05. The number of amides is 1. The maximum Gasteiger partial charge on any atom is 0.255 e. The lowest BCUT2D eigenvalue weighted by atomic mass is 10.0. The molecule has 4 rings (SSSR count). The summed E-state index contributed by atoms with van der Waals surface area (Å²) >= 11 is 0. The van der Waals surface area contributed by atoms with Crippen LogP contribution in [0.15, 0.2) is 71.7 Å². The number of hydrogen-bond acceptors (Lipinski definition) is 3. The second-order valence-corrected chi connectivity index (χ2v) is 7.09. The van der Waals surface area contributed by atoms with E-state index in [1.807, 2.05) is 50.2 Å². The van der Waals surface area contributed by atoms with Crippen LogP contribution < -0.4 is 10.9 Å². The van der Waals surface area contributed by atoms with Gasteiger partial charge in [-0.3, -0.25) is 9.59 Å². The van der Waals surface area contributed by atoms with Gasteiger partial charge in [-0.15, -0.1) is 0 Å². The van der Waals surface area contributed by atoms with Gasteiger partial charge in [-0.1, -0.05) is 30.0 Å². The molecular formula is C25H19N3O2. The van der Waals surface area contributed by atoms with E-state index >= 15 is 0 Å². The first-order chi connectivity index (χ1) is 14.5. The molecule has 0 bridgehead atoms. The number of carbonyl (C=O) groups is 1. The number of aromatic amines is 1. The molecule has 0 radical (unpaired) electrons. The highest BCUT2D eigenvalue weighted by Gasteiger charge is 2.08. The number of fused-ring (bicyclic) bond motifs is 1. The van der Waals surface area contributed by atoms with Crippen molar-refractivity contribution in [3.05, 3.63) is 105 Å². The molecule has 0 spiro atoms. The van der Waals surface area contributed by atoms with Crippen molar-refractivity contribution in [3.8, 4) is 11.8 Å². The van der Waals surface area contributed by atoms with Crippen molar-refractivity contribution in [2.24, 2.45) is 0 Å². The van der Waals surface area contributed by atoms with E-state index < -0.39 is 0 Å². The van der Waals surface area contributed by atoms with Crippen LogP contribution in [-0.2, 0) is 0 Å². The maximum atomic E-state index is 12.6. The van der Waals surface area contributed by atoms with E-state index in [1.165, 1.54) is 6.07 Å². The molecule has 0 unspecified atom stereocenters. The highest BCUT2D eigenvalue weighted by molar-refractivity contribution is 6.04. The summed E-state index contributed by atoms with van der Waals surface area (Å²) in [4.78, 5) is 31.0. The number of rotatable bonds is 2. The fourth-order valence-corrected chi connectivity index (χ4v) is 3.07. The van der Waals surface area contributed by atoms with Crippen LogP contribution in [-0.4, -0.2) is 15.9 Å². The van der Waals surface area contributed by atoms with Gasteiger partial charge in [0.2, 0.25) is 5.56 Å². The van der Waals surface area contributed by atoms with Crippen molar-refractivity contribution in [2.45, 2.75) is 13.8 Å². The Balaban J connectivity index is 1.60. The quantitative estimate of drug-likeness (QED) is 0.502. The van der Waals surface area contributed by atoms with E-state index in [0.29, 0.717) is 11.2 Å². The van der Waals surface area contributed by atoms with Gasteiger partial charge in [-0.05, 0) is 61.4 Å². The molecule has 2 aromatic heterocycles. The third-order valence-electron chi connectivity index (χ3n) is 4.69. The summed E-state index contributed by atoms with van der Waals surface area (Å²) < 4.78 is 0. The number of H-pyrrole nitrogens is 1. The van der Waals surface area contributed by atoms with Crippen LogP contribution in [0.3, 0.4) is 0 Å². The zero-order valence-electron chi connectivity index (χ0n) is 16.6. The molecule has 30 heavy (non-hydrogen) atoms. The smallest absolute Gasteiger partial charge is 0.255 e. The molecule has 0 saturated heterocycles. The molecule has 5 heteroatoms. The van der Waals surface area contributed by atoms with Gasteiger partial charge >= 0.3 is 0 Å². The zero-order valence-corrected chi connectivity index (χ0v) is 16.6. The third-order valence-corrected chi connectivity index (χ3v) is 4.69. The van der Waals surface area contributed by atoms with Crippen LogP contribution in [0.4, 0.5) is 5.69 Å². The third kappa shape index (κ3) is 4.29. The molecule has 2 N–H and O–H groups in total. The Hall–Kier alpha value is -4.17. The molecule has 0 saturated carbocycles. The molecular weight excluding hydrogens is 374 g/mol. The highest BCUT2D eigenvalue weighted by Crippen LogP contribution is 2.15. The van der Waals surface area contributed by atoms with Crippen LogP contribution in [0.2, 0.25) is 0 Å². The van der Waals surface area contributed by atoms with Gasteiger partial charge in [0.15, 0.2) is 0 Å². The molecule has 0 fully saturated rings. The molecule has 2 heterocycles. The summed E-state index contributed by atoms with van der Waals surface area (Å²) in [7, 11) is 0. The Morgan fingerprint density at radius 3 is 2.70 bits per heavy atom. The van der Waals surface area contributed by atoms with Gasteiger partial charge in [0, 0.05) is 40.0 Å². The van der Waals surface area contributed by atoms with Crippen LogP contribution in [0.25, 0.3) is 11.0 Å². The number of carbonyl (C=O) groups excluding carboxylic acids is 1. The zero-order chi connectivity index (χ0) is 21.1. The molecule has 4 aromatic rings. The van der Waals surface area contributed by atoms with Crippen LogP contribution in [0.1, 0.15) is 32.6 Å². The standard InChI is InChI=1S/C25H19N3O2/c1-16-4-3-5-22(12-16)27-25(30)21-8-6-17(2)19(14-21)9-7-18-13-20-10-11-23(29)28-24(20)26-15-18/h3-6,8,10-15H,1-2H3,(H,27,30)(H,26,28,29). The minimum absolute atomic E-state index is 0.181. The predicted octanol–water partition coefficient (Wildman–Crippen LogP) is 4.19.